The first-order chi connectivity index (χ1) is 17.4. The molecular formula is C25H28FN7O3. The van der Waals surface area contributed by atoms with E-state index < -0.39 is 0 Å². The SMILES string of the molecule is CCCn1c(=O)c2[nH]c(-c3cnn(CC4CCN(c5cccc(F)c5)C4=O)c3)nc2n(CCC)c1=O. The van der Waals surface area contributed by atoms with Crippen LogP contribution in [0.2, 0.25) is 0 Å². The van der Waals surface area contributed by atoms with Crippen molar-refractivity contribution in [2.24, 2.45) is 5.92 Å². The highest BCUT2D eigenvalue weighted by Crippen LogP contribution is 2.27. The third-order valence-electron chi connectivity index (χ3n) is 6.51. The lowest BCUT2D eigenvalue weighted by atomic mass is 10.1. The van der Waals surface area contributed by atoms with Crippen LogP contribution in [0.5, 0.6) is 0 Å². The lowest BCUT2D eigenvalue weighted by Gasteiger charge is -2.17. The zero-order valence-electron chi connectivity index (χ0n) is 20.3. The average Bonchev–Trinajstić information content (AvgIpc) is 3.59. The number of halogens is 1. The van der Waals surface area contributed by atoms with E-state index in [0.29, 0.717) is 61.7 Å². The topological polar surface area (TPSA) is 111 Å². The van der Waals surface area contributed by atoms with Crippen molar-refractivity contribution in [1.29, 1.82) is 0 Å². The van der Waals surface area contributed by atoms with Gasteiger partial charge < -0.3 is 9.88 Å². The number of aromatic amines is 1. The molecule has 1 N–H and O–H groups in total. The van der Waals surface area contributed by atoms with E-state index >= 15 is 0 Å². The molecular weight excluding hydrogens is 465 g/mol. The standard InChI is InChI=1S/C25H28FN7O3/c1-3-9-32-22-20(24(35)33(10-4-2)25(32)36)28-21(29-22)17-13-27-30(15-17)14-16-8-11-31(23(16)34)19-7-5-6-18(26)12-19/h5-7,12-13,15-16H,3-4,8-11,14H2,1-2H3,(H,28,29). The summed E-state index contributed by atoms with van der Waals surface area (Å²) in [5, 5.41) is 4.39. The highest BCUT2D eigenvalue weighted by molar-refractivity contribution is 5.97. The summed E-state index contributed by atoms with van der Waals surface area (Å²) in [5.41, 5.74) is 1.08. The number of fused-ring (bicyclic) bond motifs is 1. The number of hydrogen-bond donors (Lipinski definition) is 1. The first-order valence-corrected chi connectivity index (χ1v) is 12.2. The lowest BCUT2D eigenvalue weighted by molar-refractivity contribution is -0.120. The Morgan fingerprint density at radius 2 is 1.89 bits per heavy atom. The highest BCUT2D eigenvalue weighted by Gasteiger charge is 2.33. The van der Waals surface area contributed by atoms with Gasteiger partial charge in [0, 0.05) is 31.5 Å². The molecule has 1 aromatic carbocycles. The molecule has 10 nitrogen and oxygen atoms in total. The van der Waals surface area contributed by atoms with Gasteiger partial charge in [-0.2, -0.15) is 5.10 Å². The van der Waals surface area contributed by atoms with Crippen LogP contribution in [-0.4, -0.2) is 41.3 Å². The number of aryl methyl sites for hydroxylation is 1. The molecule has 1 aliphatic heterocycles. The van der Waals surface area contributed by atoms with Crippen molar-refractivity contribution in [1.82, 2.24) is 28.9 Å². The number of nitrogens with one attached hydrogen (secondary N) is 1. The van der Waals surface area contributed by atoms with Crippen molar-refractivity contribution in [2.75, 3.05) is 11.4 Å². The van der Waals surface area contributed by atoms with Crippen molar-refractivity contribution in [3.05, 3.63) is 63.3 Å². The molecule has 1 saturated heterocycles. The van der Waals surface area contributed by atoms with Crippen molar-refractivity contribution in [3.8, 4) is 11.4 Å². The number of hydrogen-bond acceptors (Lipinski definition) is 5. The molecule has 5 rings (SSSR count). The quantitative estimate of drug-likeness (QED) is 0.406. The molecule has 0 aliphatic carbocycles. The maximum atomic E-state index is 13.6. The smallest absolute Gasteiger partial charge is 0.332 e. The van der Waals surface area contributed by atoms with Crippen molar-refractivity contribution < 1.29 is 9.18 Å². The predicted octanol–water partition coefficient (Wildman–Crippen LogP) is 2.76. The number of benzene rings is 1. The van der Waals surface area contributed by atoms with Crippen LogP contribution in [0.1, 0.15) is 33.1 Å². The van der Waals surface area contributed by atoms with Gasteiger partial charge in [0.15, 0.2) is 5.65 Å². The molecule has 1 amide bonds. The lowest BCUT2D eigenvalue weighted by Crippen LogP contribution is -2.40. The van der Waals surface area contributed by atoms with Crippen LogP contribution >= 0.6 is 0 Å². The van der Waals surface area contributed by atoms with Crippen LogP contribution in [0.4, 0.5) is 10.1 Å². The fraction of sp³-hybridized carbons (Fsp3) is 0.400. The van der Waals surface area contributed by atoms with Gasteiger partial charge in [0.05, 0.1) is 24.2 Å². The van der Waals surface area contributed by atoms with Gasteiger partial charge in [-0.1, -0.05) is 19.9 Å². The Bertz CT molecular complexity index is 1550. The molecule has 0 spiro atoms. The van der Waals surface area contributed by atoms with Gasteiger partial charge in [-0.25, -0.2) is 14.2 Å². The summed E-state index contributed by atoms with van der Waals surface area (Å²) in [6.07, 6.45) is 5.41. The molecule has 1 atom stereocenters. The Balaban J connectivity index is 1.41. The molecule has 1 unspecified atom stereocenters. The summed E-state index contributed by atoms with van der Waals surface area (Å²) in [7, 11) is 0. The van der Waals surface area contributed by atoms with Crippen molar-refractivity contribution in [2.45, 2.75) is 52.7 Å². The molecule has 188 valence electrons. The second-order valence-electron chi connectivity index (χ2n) is 9.08. The molecule has 36 heavy (non-hydrogen) atoms. The average molecular weight is 494 g/mol. The Labute approximate surface area is 206 Å². The largest absolute Gasteiger partial charge is 0.332 e. The van der Waals surface area contributed by atoms with Gasteiger partial charge in [-0.3, -0.25) is 23.4 Å². The summed E-state index contributed by atoms with van der Waals surface area (Å²) in [5.74, 6) is -0.294. The first-order valence-electron chi connectivity index (χ1n) is 12.2. The van der Waals surface area contributed by atoms with Crippen molar-refractivity contribution >= 4 is 22.8 Å². The van der Waals surface area contributed by atoms with E-state index in [1.54, 1.807) is 34.1 Å². The van der Waals surface area contributed by atoms with E-state index in [1.165, 1.54) is 21.3 Å². The minimum absolute atomic E-state index is 0.0681. The van der Waals surface area contributed by atoms with Crippen LogP contribution < -0.4 is 16.1 Å². The fourth-order valence-electron chi connectivity index (χ4n) is 4.77. The number of imidazole rings is 1. The maximum Gasteiger partial charge on any atom is 0.332 e. The minimum atomic E-state index is -0.385. The van der Waals surface area contributed by atoms with Crippen LogP contribution in [0, 0.1) is 11.7 Å². The minimum Gasteiger partial charge on any atom is -0.332 e. The molecule has 0 bridgehead atoms. The predicted molar refractivity (Wildman–Crippen MR) is 133 cm³/mol. The summed E-state index contributed by atoms with van der Waals surface area (Å²) in [4.78, 5) is 48.1. The van der Waals surface area contributed by atoms with Crippen molar-refractivity contribution in [3.63, 3.8) is 0 Å². The number of carbonyl (C=O) groups excluding carboxylic acids is 1. The van der Waals surface area contributed by atoms with Crippen LogP contribution in [0.25, 0.3) is 22.6 Å². The molecule has 11 heteroatoms. The zero-order chi connectivity index (χ0) is 25.4. The Hall–Kier alpha value is -4.02. The Kier molecular flexibility index (Phi) is 6.29. The molecule has 1 fully saturated rings. The van der Waals surface area contributed by atoms with E-state index in [1.807, 2.05) is 13.8 Å². The van der Waals surface area contributed by atoms with E-state index in [2.05, 4.69) is 15.1 Å². The monoisotopic (exact) mass is 493 g/mol. The zero-order valence-corrected chi connectivity index (χ0v) is 20.3. The van der Waals surface area contributed by atoms with E-state index in [-0.39, 0.29) is 34.4 Å². The van der Waals surface area contributed by atoms with Gasteiger partial charge in [0.1, 0.15) is 17.2 Å². The number of nitrogens with zero attached hydrogens (tertiary/aromatic N) is 6. The summed E-state index contributed by atoms with van der Waals surface area (Å²) in [6.45, 7) is 5.56. The molecule has 0 radical (unpaired) electrons. The number of anilines is 1. The van der Waals surface area contributed by atoms with Crippen LogP contribution in [0.3, 0.4) is 0 Å². The third kappa shape index (κ3) is 4.14. The number of amides is 1. The first kappa shape index (κ1) is 23.7. The molecule has 0 saturated carbocycles. The normalized spacial score (nSPS) is 15.9. The number of H-pyrrole nitrogens is 1. The molecule has 4 heterocycles. The highest BCUT2D eigenvalue weighted by atomic mass is 19.1. The third-order valence-corrected chi connectivity index (χ3v) is 6.51. The van der Waals surface area contributed by atoms with Crippen LogP contribution in [0.15, 0.2) is 46.2 Å². The molecule has 4 aromatic rings. The summed E-state index contributed by atoms with van der Waals surface area (Å²) >= 11 is 0. The Morgan fingerprint density at radius 1 is 1.11 bits per heavy atom. The fourth-order valence-corrected chi connectivity index (χ4v) is 4.77. The van der Waals surface area contributed by atoms with E-state index in [0.717, 1.165) is 6.42 Å². The van der Waals surface area contributed by atoms with E-state index in [9.17, 15) is 18.8 Å². The number of aromatic nitrogens is 6. The number of carbonyl (C=O) groups is 1. The van der Waals surface area contributed by atoms with Gasteiger partial charge in [-0.15, -0.1) is 0 Å². The second-order valence-corrected chi connectivity index (χ2v) is 9.08. The Morgan fingerprint density at radius 3 is 2.64 bits per heavy atom. The second kappa shape index (κ2) is 9.56. The molecule has 3 aromatic heterocycles. The molecule has 1 aliphatic rings. The summed E-state index contributed by atoms with van der Waals surface area (Å²) < 4.78 is 18.1. The van der Waals surface area contributed by atoms with Gasteiger partial charge in [-0.05, 0) is 37.5 Å². The van der Waals surface area contributed by atoms with Gasteiger partial charge in [0.25, 0.3) is 5.56 Å². The number of rotatable bonds is 8. The maximum absolute atomic E-state index is 13.6. The van der Waals surface area contributed by atoms with E-state index in [4.69, 9.17) is 0 Å². The van der Waals surface area contributed by atoms with Gasteiger partial charge >= 0.3 is 5.69 Å². The van der Waals surface area contributed by atoms with Crippen LogP contribution in [-0.2, 0) is 24.4 Å². The summed E-state index contributed by atoms with van der Waals surface area (Å²) in [6, 6.07) is 6.03. The van der Waals surface area contributed by atoms with Gasteiger partial charge in [0.2, 0.25) is 5.91 Å².